The summed E-state index contributed by atoms with van der Waals surface area (Å²) >= 11 is 8.49. The van der Waals surface area contributed by atoms with Crippen molar-refractivity contribution >= 4 is 43.2 Å². The van der Waals surface area contributed by atoms with E-state index in [1.807, 2.05) is 0 Å². The third kappa shape index (κ3) is 3.55. The van der Waals surface area contributed by atoms with Crippen LogP contribution < -0.4 is 9.46 Å². The average molecular weight is 315 g/mol. The molecular formula is C8H9BrClNO3S. The zero-order chi connectivity index (χ0) is 11.5. The van der Waals surface area contributed by atoms with Gasteiger partial charge < -0.3 is 4.74 Å². The Morgan fingerprint density at radius 2 is 2.20 bits per heavy atom. The minimum absolute atomic E-state index is 0.398. The van der Waals surface area contributed by atoms with Crippen LogP contribution in [-0.4, -0.2) is 20.7 Å². The van der Waals surface area contributed by atoms with E-state index in [0.29, 0.717) is 15.9 Å². The number of halogens is 2. The Bertz CT molecular complexity index is 449. The first-order valence-electron chi connectivity index (χ1n) is 3.88. The van der Waals surface area contributed by atoms with Gasteiger partial charge in [0.25, 0.3) is 0 Å². The van der Waals surface area contributed by atoms with E-state index in [-0.39, 0.29) is 0 Å². The number of alkyl halides is 1. The molecule has 7 heteroatoms. The van der Waals surface area contributed by atoms with Crippen LogP contribution in [0.3, 0.4) is 0 Å². The predicted octanol–water partition coefficient (Wildman–Crippen LogP) is 2.40. The number of anilines is 1. The Morgan fingerprint density at radius 1 is 1.53 bits per heavy atom. The summed E-state index contributed by atoms with van der Waals surface area (Å²) in [7, 11) is -1.99. The number of nitrogens with one attached hydrogen (secondary N) is 1. The molecule has 1 aromatic rings. The van der Waals surface area contributed by atoms with E-state index < -0.39 is 15.2 Å². The second-order valence-corrected chi connectivity index (χ2v) is 5.83. The van der Waals surface area contributed by atoms with Crippen molar-refractivity contribution in [3.05, 3.63) is 22.7 Å². The van der Waals surface area contributed by atoms with Gasteiger partial charge in [0, 0.05) is 10.5 Å². The lowest BCUT2D eigenvalue weighted by atomic mass is 10.3. The Morgan fingerprint density at radius 3 is 2.73 bits per heavy atom. The van der Waals surface area contributed by atoms with Gasteiger partial charge in [-0.25, -0.2) is 8.42 Å². The number of hydrogen-bond donors (Lipinski definition) is 1. The summed E-state index contributed by atoms with van der Waals surface area (Å²) in [5.41, 5.74) is 0.398. The highest BCUT2D eigenvalue weighted by atomic mass is 79.9. The number of methoxy groups -OCH3 is 1. The molecule has 0 spiro atoms. The van der Waals surface area contributed by atoms with Gasteiger partial charge in [-0.2, -0.15) is 0 Å². The molecule has 0 aliphatic rings. The van der Waals surface area contributed by atoms with Gasteiger partial charge in [0.05, 0.1) is 12.8 Å². The maximum atomic E-state index is 11.2. The van der Waals surface area contributed by atoms with Crippen LogP contribution in [0.25, 0.3) is 0 Å². The molecule has 0 saturated carbocycles. The minimum atomic E-state index is -3.49. The highest BCUT2D eigenvalue weighted by Gasteiger charge is 2.11. The van der Waals surface area contributed by atoms with Crippen molar-refractivity contribution in [3.8, 4) is 5.75 Å². The molecule has 0 fully saturated rings. The van der Waals surface area contributed by atoms with Crippen LogP contribution in [0.4, 0.5) is 5.69 Å². The molecule has 0 bridgehead atoms. The molecule has 0 radical (unpaired) electrons. The van der Waals surface area contributed by atoms with Gasteiger partial charge in [-0.15, -0.1) is 11.6 Å². The van der Waals surface area contributed by atoms with Gasteiger partial charge in [0.15, 0.2) is 0 Å². The number of rotatable bonds is 4. The standard InChI is InChI=1S/C8H9BrClNO3S/c1-14-6-2-3-7(9)8(4-6)11-15(12,13)5-10/h2-4,11H,5H2,1H3. The van der Waals surface area contributed by atoms with Gasteiger partial charge in [-0.1, -0.05) is 0 Å². The van der Waals surface area contributed by atoms with Crippen molar-refractivity contribution in [2.75, 3.05) is 17.0 Å². The number of sulfonamides is 1. The van der Waals surface area contributed by atoms with Crippen LogP contribution in [0.2, 0.25) is 0 Å². The smallest absolute Gasteiger partial charge is 0.246 e. The Balaban J connectivity index is 3.04. The highest BCUT2D eigenvalue weighted by Crippen LogP contribution is 2.27. The van der Waals surface area contributed by atoms with Crippen molar-refractivity contribution in [1.82, 2.24) is 0 Å². The summed E-state index contributed by atoms with van der Waals surface area (Å²) in [4.78, 5) is 0. The molecule has 84 valence electrons. The summed E-state index contributed by atoms with van der Waals surface area (Å²) in [6.07, 6.45) is 0. The minimum Gasteiger partial charge on any atom is -0.497 e. The van der Waals surface area contributed by atoms with E-state index in [0.717, 1.165) is 0 Å². The van der Waals surface area contributed by atoms with Gasteiger partial charge in [-0.3, -0.25) is 4.72 Å². The molecule has 0 atom stereocenters. The van der Waals surface area contributed by atoms with Crippen molar-refractivity contribution in [2.45, 2.75) is 0 Å². The summed E-state index contributed by atoms with van der Waals surface area (Å²) in [5, 5.41) is -0.489. The monoisotopic (exact) mass is 313 g/mol. The molecule has 1 N–H and O–H groups in total. The first-order chi connectivity index (χ1) is 6.98. The maximum Gasteiger partial charge on any atom is 0.246 e. The lowest BCUT2D eigenvalue weighted by Crippen LogP contribution is -2.13. The van der Waals surface area contributed by atoms with Gasteiger partial charge >= 0.3 is 0 Å². The molecular weight excluding hydrogens is 306 g/mol. The fourth-order valence-electron chi connectivity index (χ4n) is 0.904. The molecule has 15 heavy (non-hydrogen) atoms. The van der Waals surface area contributed by atoms with E-state index in [1.54, 1.807) is 18.2 Å². The number of ether oxygens (including phenoxy) is 1. The van der Waals surface area contributed by atoms with Crippen molar-refractivity contribution < 1.29 is 13.2 Å². The highest BCUT2D eigenvalue weighted by molar-refractivity contribution is 9.10. The number of benzene rings is 1. The molecule has 0 saturated heterocycles. The molecule has 0 aromatic heterocycles. The molecule has 0 aliphatic carbocycles. The molecule has 0 aliphatic heterocycles. The molecule has 0 heterocycles. The normalized spacial score (nSPS) is 11.1. The molecule has 1 rings (SSSR count). The first-order valence-corrected chi connectivity index (χ1v) is 6.86. The Kier molecular flexibility index (Phi) is 4.24. The molecule has 0 amide bonds. The van der Waals surface area contributed by atoms with E-state index >= 15 is 0 Å². The number of hydrogen-bond acceptors (Lipinski definition) is 3. The third-order valence-electron chi connectivity index (χ3n) is 1.58. The third-order valence-corrected chi connectivity index (χ3v) is 3.95. The predicted molar refractivity (Wildman–Crippen MR) is 64.0 cm³/mol. The van der Waals surface area contributed by atoms with E-state index in [9.17, 15) is 8.42 Å². The van der Waals surface area contributed by atoms with Crippen LogP contribution in [-0.2, 0) is 10.0 Å². The second-order valence-electron chi connectivity index (χ2n) is 2.67. The summed E-state index contributed by atoms with van der Waals surface area (Å²) in [5.74, 6) is 0.561. The van der Waals surface area contributed by atoms with Crippen molar-refractivity contribution in [1.29, 1.82) is 0 Å². The Hall–Kier alpha value is -0.460. The largest absolute Gasteiger partial charge is 0.497 e. The first kappa shape index (κ1) is 12.6. The van der Waals surface area contributed by atoms with Crippen LogP contribution >= 0.6 is 27.5 Å². The second kappa shape index (κ2) is 5.05. The zero-order valence-electron chi connectivity index (χ0n) is 7.83. The van der Waals surface area contributed by atoms with Crippen LogP contribution in [0.15, 0.2) is 22.7 Å². The van der Waals surface area contributed by atoms with Gasteiger partial charge in [0.1, 0.15) is 11.0 Å². The topological polar surface area (TPSA) is 55.4 Å². The average Bonchev–Trinajstić information content (AvgIpc) is 2.21. The Labute approximate surface area is 102 Å². The lowest BCUT2D eigenvalue weighted by molar-refractivity contribution is 0.415. The fourth-order valence-corrected chi connectivity index (χ4v) is 2.10. The van der Waals surface area contributed by atoms with Crippen molar-refractivity contribution in [3.63, 3.8) is 0 Å². The summed E-state index contributed by atoms with van der Waals surface area (Å²) in [6, 6.07) is 4.96. The fraction of sp³-hybridized carbons (Fsp3) is 0.250. The van der Waals surface area contributed by atoms with Crippen LogP contribution in [0.5, 0.6) is 5.75 Å². The van der Waals surface area contributed by atoms with Crippen molar-refractivity contribution in [2.24, 2.45) is 0 Å². The molecule has 0 unspecified atom stereocenters. The summed E-state index contributed by atoms with van der Waals surface area (Å²) < 4.78 is 30.3. The SMILES string of the molecule is COc1ccc(Br)c(NS(=O)(=O)CCl)c1. The quantitative estimate of drug-likeness (QED) is 0.868. The summed E-state index contributed by atoms with van der Waals surface area (Å²) in [6.45, 7) is 0. The van der Waals surface area contributed by atoms with Crippen LogP contribution in [0.1, 0.15) is 0 Å². The van der Waals surface area contributed by atoms with E-state index in [1.165, 1.54) is 7.11 Å². The van der Waals surface area contributed by atoms with Gasteiger partial charge in [-0.05, 0) is 28.1 Å². The van der Waals surface area contributed by atoms with Gasteiger partial charge in [0.2, 0.25) is 10.0 Å². The lowest BCUT2D eigenvalue weighted by Gasteiger charge is -2.09. The van der Waals surface area contributed by atoms with E-state index in [4.69, 9.17) is 16.3 Å². The van der Waals surface area contributed by atoms with Crippen LogP contribution in [0, 0.1) is 0 Å². The van der Waals surface area contributed by atoms with E-state index in [2.05, 4.69) is 20.7 Å². The molecule has 1 aromatic carbocycles. The zero-order valence-corrected chi connectivity index (χ0v) is 11.0. The molecule has 4 nitrogen and oxygen atoms in total. The maximum absolute atomic E-state index is 11.2.